The molecule has 0 radical (unpaired) electrons. The second kappa shape index (κ2) is 11.4. The largest absolute Gasteiger partial charge is 0.493 e. The van der Waals surface area contributed by atoms with E-state index in [4.69, 9.17) is 14.2 Å². The van der Waals surface area contributed by atoms with Crippen LogP contribution >= 0.6 is 11.3 Å². The Labute approximate surface area is 199 Å². The molecule has 1 N–H and O–H groups in total. The summed E-state index contributed by atoms with van der Waals surface area (Å²) < 4.78 is 16.3. The molecule has 1 atom stereocenters. The highest BCUT2D eigenvalue weighted by Crippen LogP contribution is 2.40. The lowest BCUT2D eigenvalue weighted by atomic mass is 9.88. The van der Waals surface area contributed by atoms with E-state index in [0.29, 0.717) is 40.5 Å². The molecular formula is C26H33NO5S. The summed E-state index contributed by atoms with van der Waals surface area (Å²) in [6.45, 7) is 7.13. The molecule has 1 heterocycles. The zero-order valence-corrected chi connectivity index (χ0v) is 20.8. The minimum absolute atomic E-state index is 0.303. The molecule has 0 fully saturated rings. The molecule has 0 spiro atoms. The lowest BCUT2D eigenvalue weighted by Gasteiger charge is -2.18. The van der Waals surface area contributed by atoms with Crippen molar-refractivity contribution < 1.29 is 23.8 Å². The second-order valence-electron chi connectivity index (χ2n) is 8.81. The third-order valence-corrected chi connectivity index (χ3v) is 6.88. The van der Waals surface area contributed by atoms with E-state index in [0.717, 1.165) is 41.7 Å². The summed E-state index contributed by atoms with van der Waals surface area (Å²) in [5.41, 5.74) is 2.32. The van der Waals surface area contributed by atoms with Crippen molar-refractivity contribution in [2.24, 2.45) is 11.8 Å². The number of rotatable bonds is 9. The molecule has 2 aromatic rings. The fourth-order valence-corrected chi connectivity index (χ4v) is 5.20. The zero-order valence-electron chi connectivity index (χ0n) is 20.0. The molecule has 0 saturated heterocycles. The van der Waals surface area contributed by atoms with Gasteiger partial charge in [0.25, 0.3) is 0 Å². The molecular weight excluding hydrogens is 438 g/mol. The third kappa shape index (κ3) is 6.38. The van der Waals surface area contributed by atoms with Gasteiger partial charge in [0.1, 0.15) is 5.00 Å². The SMILES string of the molecule is COC(=O)c1c(NC(=O)C=Cc2ccc(OCCC(C)C)c(OC)c2)sc2c1CCC(C)C2. The summed E-state index contributed by atoms with van der Waals surface area (Å²) in [5.74, 6) is 1.73. The van der Waals surface area contributed by atoms with Gasteiger partial charge < -0.3 is 19.5 Å². The summed E-state index contributed by atoms with van der Waals surface area (Å²) >= 11 is 1.47. The molecule has 0 aliphatic heterocycles. The van der Waals surface area contributed by atoms with Gasteiger partial charge in [-0.1, -0.05) is 26.8 Å². The first-order valence-electron chi connectivity index (χ1n) is 11.3. The van der Waals surface area contributed by atoms with Gasteiger partial charge in [0.15, 0.2) is 11.5 Å². The highest BCUT2D eigenvalue weighted by atomic mass is 32.1. The maximum absolute atomic E-state index is 12.7. The molecule has 7 heteroatoms. The van der Waals surface area contributed by atoms with Crippen molar-refractivity contribution in [3.8, 4) is 11.5 Å². The summed E-state index contributed by atoms with van der Waals surface area (Å²) in [6, 6.07) is 5.56. The van der Waals surface area contributed by atoms with Crippen LogP contribution in [0.1, 0.15) is 60.0 Å². The number of fused-ring (bicyclic) bond motifs is 1. The van der Waals surface area contributed by atoms with Crippen molar-refractivity contribution in [3.63, 3.8) is 0 Å². The minimum Gasteiger partial charge on any atom is -0.493 e. The van der Waals surface area contributed by atoms with Gasteiger partial charge in [-0.25, -0.2) is 4.79 Å². The van der Waals surface area contributed by atoms with Crippen LogP contribution in [0.2, 0.25) is 0 Å². The van der Waals surface area contributed by atoms with Crippen LogP contribution in [0.5, 0.6) is 11.5 Å². The number of ether oxygens (including phenoxy) is 3. The van der Waals surface area contributed by atoms with Crippen LogP contribution in [-0.2, 0) is 22.4 Å². The van der Waals surface area contributed by atoms with E-state index in [1.807, 2.05) is 18.2 Å². The fourth-order valence-electron chi connectivity index (χ4n) is 3.79. The molecule has 1 aliphatic rings. The third-order valence-electron chi connectivity index (χ3n) is 5.71. The first-order chi connectivity index (χ1) is 15.8. The average molecular weight is 472 g/mol. The first kappa shape index (κ1) is 24.8. The zero-order chi connectivity index (χ0) is 24.0. The monoisotopic (exact) mass is 471 g/mol. The van der Waals surface area contributed by atoms with Gasteiger partial charge in [-0.2, -0.15) is 0 Å². The van der Waals surface area contributed by atoms with Gasteiger partial charge >= 0.3 is 5.97 Å². The topological polar surface area (TPSA) is 73.9 Å². The van der Waals surface area contributed by atoms with E-state index in [2.05, 4.69) is 26.1 Å². The van der Waals surface area contributed by atoms with Gasteiger partial charge in [-0.3, -0.25) is 4.79 Å². The molecule has 0 saturated carbocycles. The number of nitrogens with one attached hydrogen (secondary N) is 1. The Morgan fingerprint density at radius 3 is 2.73 bits per heavy atom. The van der Waals surface area contributed by atoms with Crippen molar-refractivity contribution in [1.82, 2.24) is 0 Å². The Bertz CT molecular complexity index is 1020. The van der Waals surface area contributed by atoms with E-state index in [-0.39, 0.29) is 5.91 Å². The smallest absolute Gasteiger partial charge is 0.341 e. The fraction of sp³-hybridized carbons (Fsp3) is 0.462. The number of anilines is 1. The maximum atomic E-state index is 12.7. The van der Waals surface area contributed by atoms with Crippen molar-refractivity contribution >= 4 is 34.3 Å². The second-order valence-corrected chi connectivity index (χ2v) is 9.92. The molecule has 1 aliphatic carbocycles. The van der Waals surface area contributed by atoms with Crippen LogP contribution in [0.3, 0.4) is 0 Å². The van der Waals surface area contributed by atoms with E-state index in [1.165, 1.54) is 24.5 Å². The molecule has 6 nitrogen and oxygen atoms in total. The van der Waals surface area contributed by atoms with Crippen LogP contribution in [-0.4, -0.2) is 32.7 Å². The van der Waals surface area contributed by atoms with Gasteiger partial charge in [0.05, 0.1) is 26.4 Å². The van der Waals surface area contributed by atoms with Crippen LogP contribution < -0.4 is 14.8 Å². The van der Waals surface area contributed by atoms with Gasteiger partial charge in [0.2, 0.25) is 5.91 Å². The molecule has 0 bridgehead atoms. The molecule has 1 aromatic carbocycles. The van der Waals surface area contributed by atoms with Crippen LogP contribution in [0.15, 0.2) is 24.3 Å². The predicted octanol–water partition coefficient (Wildman–Crippen LogP) is 5.74. The van der Waals surface area contributed by atoms with Crippen molar-refractivity contribution in [2.75, 3.05) is 26.1 Å². The number of benzene rings is 1. The summed E-state index contributed by atoms with van der Waals surface area (Å²) in [7, 11) is 2.96. The number of carbonyl (C=O) groups is 2. The lowest BCUT2D eigenvalue weighted by Crippen LogP contribution is -2.14. The highest BCUT2D eigenvalue weighted by molar-refractivity contribution is 7.17. The van der Waals surface area contributed by atoms with Gasteiger partial charge in [-0.05, 0) is 66.9 Å². The summed E-state index contributed by atoms with van der Waals surface area (Å²) in [5, 5.41) is 3.44. The van der Waals surface area contributed by atoms with Crippen LogP contribution in [0.4, 0.5) is 5.00 Å². The average Bonchev–Trinajstić information content (AvgIpc) is 3.14. The van der Waals surface area contributed by atoms with Crippen molar-refractivity contribution in [2.45, 2.75) is 46.5 Å². The molecule has 1 amide bonds. The Hall–Kier alpha value is -2.80. The number of hydrogen-bond donors (Lipinski definition) is 1. The Balaban J connectivity index is 1.72. The van der Waals surface area contributed by atoms with E-state index in [1.54, 1.807) is 13.2 Å². The number of thiophene rings is 1. The number of hydrogen-bond acceptors (Lipinski definition) is 6. The number of amides is 1. The Kier molecular flexibility index (Phi) is 8.55. The molecule has 1 unspecified atom stereocenters. The number of carbonyl (C=O) groups excluding carboxylic acids is 2. The maximum Gasteiger partial charge on any atom is 0.341 e. The van der Waals surface area contributed by atoms with E-state index >= 15 is 0 Å². The lowest BCUT2D eigenvalue weighted by molar-refractivity contribution is -0.111. The van der Waals surface area contributed by atoms with E-state index < -0.39 is 5.97 Å². The van der Waals surface area contributed by atoms with Crippen LogP contribution in [0, 0.1) is 11.8 Å². The van der Waals surface area contributed by atoms with Crippen molar-refractivity contribution in [3.05, 3.63) is 45.8 Å². The number of esters is 1. The molecule has 33 heavy (non-hydrogen) atoms. The minimum atomic E-state index is -0.404. The standard InChI is InChI=1S/C26H33NO5S/c1-16(2)12-13-32-20-10-7-18(15-21(20)30-4)8-11-23(28)27-25-24(26(29)31-5)19-9-6-17(3)14-22(19)33-25/h7-8,10-11,15-17H,6,9,12-14H2,1-5H3,(H,27,28). The quantitative estimate of drug-likeness (QED) is 0.373. The van der Waals surface area contributed by atoms with Gasteiger partial charge in [0, 0.05) is 11.0 Å². The molecule has 178 valence electrons. The Morgan fingerprint density at radius 1 is 1.24 bits per heavy atom. The normalized spacial score (nSPS) is 15.4. The van der Waals surface area contributed by atoms with Crippen molar-refractivity contribution in [1.29, 1.82) is 0 Å². The predicted molar refractivity (Wildman–Crippen MR) is 132 cm³/mol. The van der Waals surface area contributed by atoms with Crippen LogP contribution in [0.25, 0.3) is 6.08 Å². The molecule has 3 rings (SSSR count). The summed E-state index contributed by atoms with van der Waals surface area (Å²) in [4.78, 5) is 26.2. The highest BCUT2D eigenvalue weighted by Gasteiger charge is 2.28. The number of methoxy groups -OCH3 is 2. The van der Waals surface area contributed by atoms with Gasteiger partial charge in [-0.15, -0.1) is 11.3 Å². The van der Waals surface area contributed by atoms with E-state index in [9.17, 15) is 9.59 Å². The summed E-state index contributed by atoms with van der Waals surface area (Å²) in [6.07, 6.45) is 6.90. The first-order valence-corrected chi connectivity index (χ1v) is 12.2. The Morgan fingerprint density at radius 2 is 2.03 bits per heavy atom. The molecule has 1 aromatic heterocycles.